The monoisotopic (exact) mass is 551 g/mol. The molecule has 1 N–H and O–H groups in total. The summed E-state index contributed by atoms with van der Waals surface area (Å²) in [5, 5.41) is 10.8. The Hall–Kier alpha value is -3.58. The Labute approximate surface area is 234 Å². The second kappa shape index (κ2) is 11.9. The summed E-state index contributed by atoms with van der Waals surface area (Å²) in [6.07, 6.45) is 0.616. The minimum atomic E-state index is -4.63. The molecular formula is C33H36F3NO3. The molecule has 1 atom stereocenters. The molecule has 1 heterocycles. The Kier molecular flexibility index (Phi) is 8.74. The lowest BCUT2D eigenvalue weighted by Crippen LogP contribution is -2.46. The molecule has 1 saturated heterocycles. The molecule has 40 heavy (non-hydrogen) atoms. The van der Waals surface area contributed by atoms with Crippen molar-refractivity contribution in [1.29, 1.82) is 0 Å². The van der Waals surface area contributed by atoms with Crippen molar-refractivity contribution in [2.24, 2.45) is 0 Å². The molecule has 0 bridgehead atoms. The summed E-state index contributed by atoms with van der Waals surface area (Å²) in [6.45, 7) is 7.83. The van der Waals surface area contributed by atoms with Crippen molar-refractivity contribution in [2.45, 2.75) is 71.3 Å². The molecule has 3 aromatic carbocycles. The number of benzene rings is 3. The van der Waals surface area contributed by atoms with Crippen molar-refractivity contribution in [3.05, 3.63) is 88.5 Å². The number of aromatic hydroxyl groups is 1. The fraction of sp³-hybridized carbons (Fsp3) is 0.364. The summed E-state index contributed by atoms with van der Waals surface area (Å²) in [5.41, 5.74) is 2.25. The number of halogens is 3. The Bertz CT molecular complexity index is 1370. The second-order valence-corrected chi connectivity index (χ2v) is 11.3. The van der Waals surface area contributed by atoms with Gasteiger partial charge in [0.05, 0.1) is 5.56 Å². The summed E-state index contributed by atoms with van der Waals surface area (Å²) >= 11 is 0. The average Bonchev–Trinajstić information content (AvgIpc) is 2.88. The van der Waals surface area contributed by atoms with E-state index in [1.165, 1.54) is 6.08 Å². The van der Waals surface area contributed by atoms with E-state index in [1.807, 2.05) is 55.5 Å². The van der Waals surface area contributed by atoms with E-state index in [0.29, 0.717) is 13.0 Å². The van der Waals surface area contributed by atoms with Gasteiger partial charge in [0.2, 0.25) is 0 Å². The van der Waals surface area contributed by atoms with Crippen molar-refractivity contribution < 1.29 is 27.8 Å². The van der Waals surface area contributed by atoms with E-state index in [2.05, 4.69) is 0 Å². The zero-order valence-electron chi connectivity index (χ0n) is 23.4. The number of likely N-dealkylation sites (tertiary alicyclic amines) is 1. The van der Waals surface area contributed by atoms with Crippen LogP contribution in [0.25, 0.3) is 23.3 Å². The molecule has 0 aromatic heterocycles. The number of hydrogen-bond acceptors (Lipinski definition) is 4. The van der Waals surface area contributed by atoms with Crippen LogP contribution in [-0.2, 0) is 22.3 Å². The Morgan fingerprint density at radius 1 is 1.00 bits per heavy atom. The predicted octanol–water partition coefficient (Wildman–Crippen LogP) is 8.25. The molecule has 0 spiro atoms. The van der Waals surface area contributed by atoms with Gasteiger partial charge in [0.15, 0.2) is 0 Å². The van der Waals surface area contributed by atoms with Gasteiger partial charge in [0.25, 0.3) is 0 Å². The summed E-state index contributed by atoms with van der Waals surface area (Å²) < 4.78 is 48.2. The van der Waals surface area contributed by atoms with E-state index in [9.17, 15) is 23.1 Å². The van der Waals surface area contributed by atoms with E-state index in [0.717, 1.165) is 47.2 Å². The van der Waals surface area contributed by atoms with Crippen LogP contribution in [-0.4, -0.2) is 34.2 Å². The molecule has 0 amide bonds. The van der Waals surface area contributed by atoms with E-state index < -0.39 is 29.4 Å². The van der Waals surface area contributed by atoms with Crippen molar-refractivity contribution in [1.82, 2.24) is 4.90 Å². The van der Waals surface area contributed by atoms with Crippen LogP contribution >= 0.6 is 0 Å². The number of esters is 1. The van der Waals surface area contributed by atoms with Crippen molar-refractivity contribution in [3.63, 3.8) is 0 Å². The maximum atomic E-state index is 14.2. The minimum Gasteiger partial charge on any atom is -0.508 e. The molecule has 212 valence electrons. The van der Waals surface area contributed by atoms with Crippen molar-refractivity contribution in [3.8, 4) is 16.9 Å². The molecule has 0 saturated carbocycles. The van der Waals surface area contributed by atoms with E-state index in [1.54, 1.807) is 31.7 Å². The number of nitrogens with zero attached hydrogens (tertiary/aromatic N) is 1. The molecule has 0 aliphatic carbocycles. The van der Waals surface area contributed by atoms with Crippen LogP contribution in [0.15, 0.2) is 60.7 Å². The summed E-state index contributed by atoms with van der Waals surface area (Å²) in [5.74, 6) is -0.633. The van der Waals surface area contributed by atoms with Crippen molar-refractivity contribution >= 4 is 18.1 Å². The lowest BCUT2D eigenvalue weighted by Gasteiger charge is -2.36. The highest BCUT2D eigenvalue weighted by atomic mass is 19.4. The van der Waals surface area contributed by atoms with Gasteiger partial charge in [-0.3, -0.25) is 9.69 Å². The standard InChI is InChI=1S/C33H36F3NO3/c1-22-23(13-10-14-27(22)24-11-6-5-7-12-24)16-17-25-20-30(38)26(19-28(25)33(34,35)36)21-37-18-9-8-15-29(37)31(39)40-32(2,3)4/h5-7,10-14,16-17,19-20,29,38H,8-9,15,18,21H2,1-4H3/b17-16+/t29-/m0/s1. The Morgan fingerprint density at radius 2 is 1.70 bits per heavy atom. The van der Waals surface area contributed by atoms with Crippen LogP contribution in [0, 0.1) is 6.92 Å². The van der Waals surface area contributed by atoms with Gasteiger partial charge < -0.3 is 9.84 Å². The van der Waals surface area contributed by atoms with Gasteiger partial charge in [0, 0.05) is 12.1 Å². The lowest BCUT2D eigenvalue weighted by atomic mass is 9.95. The number of carbonyl (C=O) groups is 1. The van der Waals surface area contributed by atoms with Gasteiger partial charge in [-0.25, -0.2) is 0 Å². The Morgan fingerprint density at radius 3 is 2.38 bits per heavy atom. The Balaban J connectivity index is 1.64. The third kappa shape index (κ3) is 7.13. The van der Waals surface area contributed by atoms with Gasteiger partial charge in [-0.15, -0.1) is 0 Å². The van der Waals surface area contributed by atoms with Gasteiger partial charge in [-0.2, -0.15) is 13.2 Å². The maximum absolute atomic E-state index is 14.2. The van der Waals surface area contributed by atoms with E-state index >= 15 is 0 Å². The largest absolute Gasteiger partial charge is 0.508 e. The fourth-order valence-corrected chi connectivity index (χ4v) is 5.14. The highest BCUT2D eigenvalue weighted by Crippen LogP contribution is 2.38. The molecule has 1 aliphatic rings. The van der Waals surface area contributed by atoms with Gasteiger partial charge in [-0.1, -0.05) is 67.1 Å². The number of alkyl halides is 3. The average molecular weight is 552 g/mol. The van der Waals surface area contributed by atoms with Gasteiger partial charge in [0.1, 0.15) is 17.4 Å². The van der Waals surface area contributed by atoms with Crippen molar-refractivity contribution in [2.75, 3.05) is 6.54 Å². The summed E-state index contributed by atoms with van der Waals surface area (Å²) in [4.78, 5) is 14.6. The highest BCUT2D eigenvalue weighted by Gasteiger charge is 2.36. The van der Waals surface area contributed by atoms with Crippen LogP contribution in [0.4, 0.5) is 13.2 Å². The van der Waals surface area contributed by atoms with Crippen LogP contribution in [0.5, 0.6) is 5.75 Å². The van der Waals surface area contributed by atoms with Gasteiger partial charge >= 0.3 is 12.1 Å². The first-order valence-corrected chi connectivity index (χ1v) is 13.6. The zero-order chi connectivity index (χ0) is 29.1. The van der Waals surface area contributed by atoms with Crippen LogP contribution in [0.2, 0.25) is 0 Å². The van der Waals surface area contributed by atoms with Crippen LogP contribution < -0.4 is 0 Å². The molecule has 1 fully saturated rings. The number of carbonyl (C=O) groups excluding carboxylic acids is 1. The SMILES string of the molecule is Cc1c(/C=C/c2cc(O)c(CN3CCCC[C@H]3C(=O)OC(C)(C)C)cc2C(F)(F)F)cccc1-c1ccccc1. The number of phenolic OH excluding ortho intramolecular Hbond substituents is 1. The predicted molar refractivity (Wildman–Crippen MR) is 153 cm³/mol. The molecule has 4 rings (SSSR count). The lowest BCUT2D eigenvalue weighted by molar-refractivity contribution is -0.163. The third-order valence-electron chi connectivity index (χ3n) is 7.13. The normalized spacial score (nSPS) is 16.8. The summed E-state index contributed by atoms with van der Waals surface area (Å²) in [7, 11) is 0. The molecule has 0 radical (unpaired) electrons. The van der Waals surface area contributed by atoms with Gasteiger partial charge in [-0.05, 0) is 87.0 Å². The number of rotatable bonds is 6. The first-order chi connectivity index (χ1) is 18.8. The first-order valence-electron chi connectivity index (χ1n) is 13.6. The molecule has 4 nitrogen and oxygen atoms in total. The first kappa shape index (κ1) is 29.4. The fourth-order valence-electron chi connectivity index (χ4n) is 5.14. The number of piperidine rings is 1. The van der Waals surface area contributed by atoms with E-state index in [4.69, 9.17) is 4.74 Å². The van der Waals surface area contributed by atoms with Crippen LogP contribution in [0.3, 0.4) is 0 Å². The molecule has 7 heteroatoms. The molecule has 0 unspecified atom stereocenters. The second-order valence-electron chi connectivity index (χ2n) is 11.3. The zero-order valence-corrected chi connectivity index (χ0v) is 23.4. The van der Waals surface area contributed by atoms with Crippen LogP contribution in [0.1, 0.15) is 67.9 Å². The number of ether oxygens (including phenoxy) is 1. The summed E-state index contributed by atoms with van der Waals surface area (Å²) in [6, 6.07) is 17.1. The highest BCUT2D eigenvalue weighted by molar-refractivity contribution is 5.79. The molecule has 1 aliphatic heterocycles. The molecular weight excluding hydrogens is 515 g/mol. The smallest absolute Gasteiger partial charge is 0.417 e. The minimum absolute atomic E-state index is 0.0149. The third-order valence-corrected chi connectivity index (χ3v) is 7.13. The maximum Gasteiger partial charge on any atom is 0.417 e. The molecule has 3 aromatic rings. The quantitative estimate of drug-likeness (QED) is 0.248. The number of hydrogen-bond donors (Lipinski definition) is 1. The topological polar surface area (TPSA) is 49.8 Å². The number of phenols is 1. The van der Waals surface area contributed by atoms with E-state index in [-0.39, 0.29) is 23.4 Å².